The number of nitrogens with one attached hydrogen (secondary N) is 1. The molecule has 1 atom stereocenters. The maximum Gasteiger partial charge on any atom is 0.322 e. The first-order valence-electron chi connectivity index (χ1n) is 8.51. The number of likely N-dealkylation sites (tertiary alicyclic amines) is 1. The molecule has 1 unspecified atom stereocenters. The number of urea groups is 1. The Kier molecular flexibility index (Phi) is 5.90. The zero-order chi connectivity index (χ0) is 19.2. The highest BCUT2D eigenvalue weighted by atomic mass is 19.1. The van der Waals surface area contributed by atoms with E-state index in [9.17, 15) is 9.18 Å². The van der Waals surface area contributed by atoms with Crippen LogP contribution >= 0.6 is 0 Å². The first kappa shape index (κ1) is 18.7. The number of rotatable bonds is 5. The van der Waals surface area contributed by atoms with Gasteiger partial charge in [0.05, 0.1) is 38.8 Å². The maximum atomic E-state index is 12.9. The van der Waals surface area contributed by atoms with Gasteiger partial charge < -0.3 is 24.4 Å². The van der Waals surface area contributed by atoms with Gasteiger partial charge in [-0.25, -0.2) is 19.2 Å². The number of benzene rings is 1. The highest BCUT2D eigenvalue weighted by Gasteiger charge is 2.26. The number of carbonyl (C=O) groups excluding carboxylic acids is 1. The summed E-state index contributed by atoms with van der Waals surface area (Å²) in [4.78, 5) is 21.9. The smallest absolute Gasteiger partial charge is 0.322 e. The van der Waals surface area contributed by atoms with Crippen LogP contribution in [0.5, 0.6) is 17.5 Å². The van der Waals surface area contributed by atoms with Crippen LogP contribution in [0.15, 0.2) is 30.6 Å². The zero-order valence-corrected chi connectivity index (χ0v) is 15.1. The molecule has 2 amide bonds. The lowest BCUT2D eigenvalue weighted by atomic mass is 10.1. The normalized spacial score (nSPS) is 16.6. The van der Waals surface area contributed by atoms with Crippen LogP contribution in [0.1, 0.15) is 12.8 Å². The van der Waals surface area contributed by atoms with E-state index in [0.717, 1.165) is 25.2 Å². The molecule has 1 N–H and O–H groups in total. The predicted octanol–water partition coefficient (Wildman–Crippen LogP) is 2.71. The summed E-state index contributed by atoms with van der Waals surface area (Å²) in [5.41, 5.74) is 0.549. The molecule has 8 nitrogen and oxygen atoms in total. The molecule has 1 saturated heterocycles. The summed E-state index contributed by atoms with van der Waals surface area (Å²) >= 11 is 0. The highest BCUT2D eigenvalue weighted by molar-refractivity contribution is 5.91. The number of anilines is 1. The number of ether oxygens (including phenoxy) is 3. The van der Waals surface area contributed by atoms with Gasteiger partial charge in [0.1, 0.15) is 17.6 Å². The molecule has 144 valence electrons. The molecule has 3 rings (SSSR count). The Labute approximate surface area is 156 Å². The van der Waals surface area contributed by atoms with Crippen molar-refractivity contribution in [2.75, 3.05) is 32.6 Å². The molecular formula is C18H21FN4O4. The number of methoxy groups -OCH3 is 2. The molecule has 1 aromatic heterocycles. The van der Waals surface area contributed by atoms with Crippen molar-refractivity contribution in [3.05, 3.63) is 36.4 Å². The van der Waals surface area contributed by atoms with Gasteiger partial charge in [0.25, 0.3) is 0 Å². The Morgan fingerprint density at radius 2 is 2.04 bits per heavy atom. The minimum atomic E-state index is -0.527. The molecule has 0 aliphatic carbocycles. The largest absolute Gasteiger partial charge is 0.497 e. The first-order chi connectivity index (χ1) is 13.1. The second-order valence-corrected chi connectivity index (χ2v) is 6.01. The van der Waals surface area contributed by atoms with Crippen molar-refractivity contribution in [1.82, 2.24) is 14.9 Å². The molecule has 1 fully saturated rings. The lowest BCUT2D eigenvalue weighted by Gasteiger charge is -2.32. The van der Waals surface area contributed by atoms with E-state index in [1.165, 1.54) is 7.11 Å². The van der Waals surface area contributed by atoms with Gasteiger partial charge in [-0.1, -0.05) is 0 Å². The number of hydrogen-bond acceptors (Lipinski definition) is 6. The van der Waals surface area contributed by atoms with Crippen LogP contribution in [0.3, 0.4) is 0 Å². The summed E-state index contributed by atoms with van der Waals surface area (Å²) in [7, 11) is 3.09. The summed E-state index contributed by atoms with van der Waals surface area (Å²) in [6, 6.07) is 5.00. The van der Waals surface area contributed by atoms with Gasteiger partial charge in [0, 0.05) is 12.6 Å². The molecule has 0 bridgehead atoms. The molecule has 0 spiro atoms. The first-order valence-corrected chi connectivity index (χ1v) is 8.51. The predicted molar refractivity (Wildman–Crippen MR) is 95.8 cm³/mol. The fraction of sp³-hybridized carbons (Fsp3) is 0.389. The third-order valence-corrected chi connectivity index (χ3v) is 4.18. The van der Waals surface area contributed by atoms with E-state index >= 15 is 0 Å². The number of halogens is 1. The summed E-state index contributed by atoms with van der Waals surface area (Å²) in [6.07, 6.45) is 3.37. The molecule has 1 aliphatic rings. The molecule has 1 aliphatic heterocycles. The maximum absolute atomic E-state index is 12.9. The minimum Gasteiger partial charge on any atom is -0.497 e. The zero-order valence-electron chi connectivity index (χ0n) is 15.1. The van der Waals surface area contributed by atoms with Gasteiger partial charge in [-0.3, -0.25) is 0 Å². The lowest BCUT2D eigenvalue weighted by molar-refractivity contribution is 0.0980. The van der Waals surface area contributed by atoms with Crippen LogP contribution in [0.2, 0.25) is 0 Å². The van der Waals surface area contributed by atoms with E-state index in [2.05, 4.69) is 15.3 Å². The molecule has 2 heterocycles. The number of nitrogens with zero attached hydrogens (tertiary/aromatic N) is 3. The molecule has 9 heteroatoms. The van der Waals surface area contributed by atoms with Crippen molar-refractivity contribution in [3.63, 3.8) is 0 Å². The summed E-state index contributed by atoms with van der Waals surface area (Å²) < 4.78 is 29.0. The fourth-order valence-corrected chi connectivity index (χ4v) is 2.83. The molecular weight excluding hydrogens is 355 g/mol. The number of hydrogen-bond donors (Lipinski definition) is 1. The average molecular weight is 376 g/mol. The third kappa shape index (κ3) is 4.75. The molecule has 0 radical (unpaired) electrons. The van der Waals surface area contributed by atoms with E-state index in [4.69, 9.17) is 14.2 Å². The van der Waals surface area contributed by atoms with Crippen molar-refractivity contribution in [2.45, 2.75) is 18.9 Å². The Hall–Kier alpha value is -3.10. The van der Waals surface area contributed by atoms with Crippen LogP contribution in [-0.4, -0.2) is 54.3 Å². The Morgan fingerprint density at radius 3 is 2.74 bits per heavy atom. The van der Waals surface area contributed by atoms with Gasteiger partial charge in [-0.05, 0) is 25.0 Å². The van der Waals surface area contributed by atoms with E-state index in [1.807, 2.05) is 0 Å². The Bertz CT molecular complexity index is 787. The lowest BCUT2D eigenvalue weighted by Crippen LogP contribution is -2.46. The number of carbonyl (C=O) groups is 1. The van der Waals surface area contributed by atoms with Crippen molar-refractivity contribution in [1.29, 1.82) is 0 Å². The topological polar surface area (TPSA) is 85.8 Å². The second kappa shape index (κ2) is 8.52. The highest BCUT2D eigenvalue weighted by Crippen LogP contribution is 2.29. The molecule has 1 aromatic carbocycles. The number of amides is 2. The van der Waals surface area contributed by atoms with E-state index in [1.54, 1.807) is 30.2 Å². The van der Waals surface area contributed by atoms with Gasteiger partial charge in [-0.2, -0.15) is 0 Å². The van der Waals surface area contributed by atoms with E-state index < -0.39 is 5.82 Å². The number of piperidine rings is 1. The van der Waals surface area contributed by atoms with Crippen LogP contribution < -0.4 is 19.5 Å². The van der Waals surface area contributed by atoms with Crippen LogP contribution in [0.25, 0.3) is 0 Å². The van der Waals surface area contributed by atoms with Crippen LogP contribution in [0.4, 0.5) is 14.9 Å². The van der Waals surface area contributed by atoms with E-state index in [0.29, 0.717) is 30.3 Å². The summed E-state index contributed by atoms with van der Waals surface area (Å²) in [6.45, 7) is 0.986. The molecule has 2 aromatic rings. The van der Waals surface area contributed by atoms with Crippen LogP contribution in [-0.2, 0) is 0 Å². The second-order valence-electron chi connectivity index (χ2n) is 6.01. The average Bonchev–Trinajstić information content (AvgIpc) is 2.70. The third-order valence-electron chi connectivity index (χ3n) is 4.18. The Balaban J connectivity index is 1.62. The SMILES string of the molecule is COc1ccc(NC(=O)N2CCCC(Oc3ncc(F)cn3)C2)c(OC)c1. The van der Waals surface area contributed by atoms with Gasteiger partial charge >= 0.3 is 12.0 Å². The molecule has 0 saturated carbocycles. The van der Waals surface area contributed by atoms with E-state index in [-0.39, 0.29) is 18.1 Å². The quantitative estimate of drug-likeness (QED) is 0.864. The Morgan fingerprint density at radius 1 is 1.26 bits per heavy atom. The van der Waals surface area contributed by atoms with Crippen molar-refractivity contribution >= 4 is 11.7 Å². The summed E-state index contributed by atoms with van der Waals surface area (Å²) in [5, 5.41) is 2.84. The fourth-order valence-electron chi connectivity index (χ4n) is 2.83. The standard InChI is InChI=1S/C18H21FN4O4/c1-25-13-5-6-15(16(8-13)26-2)22-18(24)23-7-3-4-14(11-23)27-17-20-9-12(19)10-21-17/h5-6,8-10,14H,3-4,7,11H2,1-2H3,(H,22,24). The monoisotopic (exact) mass is 376 g/mol. The van der Waals surface area contributed by atoms with Crippen molar-refractivity contribution in [3.8, 4) is 17.5 Å². The summed E-state index contributed by atoms with van der Waals surface area (Å²) in [5.74, 6) is 0.614. The van der Waals surface area contributed by atoms with Crippen LogP contribution in [0, 0.1) is 5.82 Å². The molecule has 27 heavy (non-hydrogen) atoms. The van der Waals surface area contributed by atoms with Crippen molar-refractivity contribution in [2.24, 2.45) is 0 Å². The van der Waals surface area contributed by atoms with Gasteiger partial charge in [-0.15, -0.1) is 0 Å². The van der Waals surface area contributed by atoms with Crippen molar-refractivity contribution < 1.29 is 23.4 Å². The number of aromatic nitrogens is 2. The van der Waals surface area contributed by atoms with Gasteiger partial charge in [0.2, 0.25) is 0 Å². The van der Waals surface area contributed by atoms with Gasteiger partial charge in [0.15, 0.2) is 5.82 Å². The minimum absolute atomic E-state index is 0.0977.